The monoisotopic (exact) mass is 217 g/mol. The largest absolute Gasteiger partial charge is 0.394 e. The van der Waals surface area contributed by atoms with Gasteiger partial charge in [-0.2, -0.15) is 0 Å². The molecule has 1 N–H and O–H groups in total. The highest BCUT2D eigenvalue weighted by Gasteiger charge is 2.33. The predicted molar refractivity (Wildman–Crippen MR) is 59.4 cm³/mol. The number of rotatable bonds is 3. The van der Waals surface area contributed by atoms with Crippen molar-refractivity contribution >= 4 is 17.7 Å². The van der Waals surface area contributed by atoms with Crippen LogP contribution in [0.15, 0.2) is 0 Å². The van der Waals surface area contributed by atoms with Crippen molar-refractivity contribution in [3.63, 3.8) is 0 Å². The van der Waals surface area contributed by atoms with Crippen LogP contribution < -0.4 is 0 Å². The second-order valence-electron chi connectivity index (χ2n) is 4.37. The van der Waals surface area contributed by atoms with E-state index in [0.717, 1.165) is 18.6 Å². The van der Waals surface area contributed by atoms with E-state index in [1.54, 1.807) is 23.7 Å². The average molecular weight is 217 g/mol. The van der Waals surface area contributed by atoms with E-state index >= 15 is 0 Å². The van der Waals surface area contributed by atoms with Gasteiger partial charge in [0.2, 0.25) is 5.91 Å². The maximum atomic E-state index is 11.9. The van der Waals surface area contributed by atoms with Crippen LogP contribution >= 0.6 is 11.8 Å². The van der Waals surface area contributed by atoms with E-state index in [-0.39, 0.29) is 17.8 Å². The third-order valence-electron chi connectivity index (χ3n) is 2.83. The van der Waals surface area contributed by atoms with Crippen molar-refractivity contribution in [2.75, 3.05) is 19.4 Å². The van der Waals surface area contributed by atoms with Gasteiger partial charge in [0.25, 0.3) is 0 Å². The van der Waals surface area contributed by atoms with E-state index in [1.807, 2.05) is 13.8 Å². The van der Waals surface area contributed by atoms with Crippen molar-refractivity contribution < 1.29 is 9.90 Å². The van der Waals surface area contributed by atoms with Gasteiger partial charge in [-0.3, -0.25) is 4.79 Å². The van der Waals surface area contributed by atoms with Crippen molar-refractivity contribution in [2.24, 2.45) is 0 Å². The van der Waals surface area contributed by atoms with E-state index < -0.39 is 5.54 Å². The van der Waals surface area contributed by atoms with Crippen molar-refractivity contribution in [3.8, 4) is 0 Å². The summed E-state index contributed by atoms with van der Waals surface area (Å²) in [5.41, 5.74) is -0.444. The minimum atomic E-state index is -0.444. The Bertz CT molecular complexity index is 212. The molecule has 0 radical (unpaired) electrons. The number of hydrogen-bond donors (Lipinski definition) is 1. The van der Waals surface area contributed by atoms with Crippen LogP contribution in [0.25, 0.3) is 0 Å². The fourth-order valence-electron chi connectivity index (χ4n) is 1.39. The number of aliphatic hydroxyl groups is 1. The molecule has 1 fully saturated rings. The van der Waals surface area contributed by atoms with Gasteiger partial charge in [-0.25, -0.2) is 0 Å². The Morgan fingerprint density at radius 2 is 2.29 bits per heavy atom. The van der Waals surface area contributed by atoms with Crippen LogP contribution in [0.5, 0.6) is 0 Å². The molecule has 1 atom stereocenters. The molecule has 14 heavy (non-hydrogen) atoms. The highest BCUT2D eigenvalue weighted by molar-refractivity contribution is 8.00. The summed E-state index contributed by atoms with van der Waals surface area (Å²) in [5.74, 6) is 1.25. The first-order chi connectivity index (χ1) is 6.49. The molecule has 0 aliphatic carbocycles. The number of carbonyl (C=O) groups excluding carboxylic acids is 1. The molecule has 0 saturated carbocycles. The Morgan fingerprint density at radius 3 is 2.71 bits per heavy atom. The number of nitrogens with zero attached hydrogens (tertiary/aromatic N) is 1. The van der Waals surface area contributed by atoms with Crippen LogP contribution in [-0.2, 0) is 4.79 Å². The standard InChI is InChI=1S/C10H19NO2S/c1-10(2,7-12)11(3)9(13)8-5-4-6-14-8/h8,12H,4-7H2,1-3H3. The molecule has 1 heterocycles. The molecule has 0 bridgehead atoms. The predicted octanol–water partition coefficient (Wildman–Crippen LogP) is 1.11. The summed E-state index contributed by atoms with van der Waals surface area (Å²) >= 11 is 1.73. The summed E-state index contributed by atoms with van der Waals surface area (Å²) in [6, 6.07) is 0. The third kappa shape index (κ3) is 2.42. The Hall–Kier alpha value is -0.220. The maximum Gasteiger partial charge on any atom is 0.235 e. The van der Waals surface area contributed by atoms with E-state index in [9.17, 15) is 4.79 Å². The summed E-state index contributed by atoms with van der Waals surface area (Å²) in [5, 5.41) is 9.27. The lowest BCUT2D eigenvalue weighted by atomic mass is 10.0. The van der Waals surface area contributed by atoms with Crippen molar-refractivity contribution in [3.05, 3.63) is 0 Å². The maximum absolute atomic E-state index is 11.9. The van der Waals surface area contributed by atoms with Crippen molar-refractivity contribution in [2.45, 2.75) is 37.5 Å². The molecule has 4 heteroatoms. The highest BCUT2D eigenvalue weighted by atomic mass is 32.2. The molecule has 1 amide bonds. The second-order valence-corrected chi connectivity index (χ2v) is 5.68. The van der Waals surface area contributed by atoms with Crippen LogP contribution in [0.2, 0.25) is 0 Å². The van der Waals surface area contributed by atoms with Crippen LogP contribution in [-0.4, -0.2) is 46.1 Å². The number of amides is 1. The molecule has 0 aromatic heterocycles. The van der Waals surface area contributed by atoms with Gasteiger partial charge in [-0.15, -0.1) is 11.8 Å². The first-order valence-electron chi connectivity index (χ1n) is 4.99. The van der Waals surface area contributed by atoms with Gasteiger partial charge >= 0.3 is 0 Å². The molecule has 1 unspecified atom stereocenters. The molecule has 0 aromatic carbocycles. The SMILES string of the molecule is CN(C(=O)C1CCCS1)C(C)(C)CO. The fourth-order valence-corrected chi connectivity index (χ4v) is 2.64. The van der Waals surface area contributed by atoms with E-state index in [1.165, 1.54) is 0 Å². The molecular weight excluding hydrogens is 198 g/mol. The smallest absolute Gasteiger partial charge is 0.235 e. The van der Waals surface area contributed by atoms with Crippen LogP contribution in [0, 0.1) is 0 Å². The average Bonchev–Trinajstić information content (AvgIpc) is 2.68. The van der Waals surface area contributed by atoms with Gasteiger partial charge in [0.05, 0.1) is 17.4 Å². The van der Waals surface area contributed by atoms with Gasteiger partial charge in [-0.05, 0) is 32.4 Å². The summed E-state index contributed by atoms with van der Waals surface area (Å²) in [7, 11) is 1.78. The Labute approximate surface area is 89.9 Å². The van der Waals surface area contributed by atoms with Gasteiger partial charge in [0.15, 0.2) is 0 Å². The molecule has 1 saturated heterocycles. The number of likely N-dealkylation sites (N-methyl/N-ethyl adjacent to an activating group) is 1. The first-order valence-corrected chi connectivity index (χ1v) is 6.04. The molecular formula is C10H19NO2S. The normalized spacial score (nSPS) is 22.4. The number of aliphatic hydroxyl groups excluding tert-OH is 1. The van der Waals surface area contributed by atoms with Crippen molar-refractivity contribution in [1.82, 2.24) is 4.90 Å². The van der Waals surface area contributed by atoms with Crippen LogP contribution in [0.4, 0.5) is 0 Å². The van der Waals surface area contributed by atoms with Crippen LogP contribution in [0.3, 0.4) is 0 Å². The van der Waals surface area contributed by atoms with Gasteiger partial charge in [-0.1, -0.05) is 0 Å². The molecule has 82 valence electrons. The lowest BCUT2D eigenvalue weighted by Crippen LogP contribution is -2.50. The second kappa shape index (κ2) is 4.53. The topological polar surface area (TPSA) is 40.5 Å². The zero-order valence-electron chi connectivity index (χ0n) is 9.12. The number of carbonyl (C=O) groups is 1. The third-order valence-corrected chi connectivity index (χ3v) is 4.19. The Morgan fingerprint density at radius 1 is 1.64 bits per heavy atom. The van der Waals surface area contributed by atoms with Gasteiger partial charge in [0.1, 0.15) is 0 Å². The molecule has 0 spiro atoms. The molecule has 3 nitrogen and oxygen atoms in total. The molecule has 1 rings (SSSR count). The van der Waals surface area contributed by atoms with E-state index in [0.29, 0.717) is 0 Å². The van der Waals surface area contributed by atoms with Crippen LogP contribution in [0.1, 0.15) is 26.7 Å². The van der Waals surface area contributed by atoms with E-state index in [2.05, 4.69) is 0 Å². The lowest BCUT2D eigenvalue weighted by molar-refractivity contribution is -0.135. The zero-order chi connectivity index (χ0) is 10.8. The summed E-state index contributed by atoms with van der Waals surface area (Å²) in [6.07, 6.45) is 2.11. The Kier molecular flexibility index (Phi) is 3.84. The summed E-state index contributed by atoms with van der Waals surface area (Å²) < 4.78 is 0. The first kappa shape index (κ1) is 11.9. The molecule has 1 aliphatic rings. The van der Waals surface area contributed by atoms with Gasteiger partial charge in [0, 0.05) is 7.05 Å². The minimum absolute atomic E-state index is 0.00657. The zero-order valence-corrected chi connectivity index (χ0v) is 9.93. The summed E-state index contributed by atoms with van der Waals surface area (Å²) in [4.78, 5) is 13.6. The van der Waals surface area contributed by atoms with Crippen molar-refractivity contribution in [1.29, 1.82) is 0 Å². The van der Waals surface area contributed by atoms with E-state index in [4.69, 9.17) is 5.11 Å². The number of hydrogen-bond acceptors (Lipinski definition) is 3. The number of thioether (sulfide) groups is 1. The minimum Gasteiger partial charge on any atom is -0.394 e. The highest BCUT2D eigenvalue weighted by Crippen LogP contribution is 2.29. The Balaban J connectivity index is 2.59. The fraction of sp³-hybridized carbons (Fsp3) is 0.900. The van der Waals surface area contributed by atoms with Gasteiger partial charge < -0.3 is 10.0 Å². The summed E-state index contributed by atoms with van der Waals surface area (Å²) in [6.45, 7) is 3.77. The molecule has 0 aromatic rings. The lowest BCUT2D eigenvalue weighted by Gasteiger charge is -2.35. The molecule has 1 aliphatic heterocycles. The quantitative estimate of drug-likeness (QED) is 0.770.